The maximum Gasteiger partial charge on any atom is 0.255 e. The Kier molecular flexibility index (Phi) is 4.12. The Balaban J connectivity index is 1.78. The zero-order valence-corrected chi connectivity index (χ0v) is 13.4. The molecule has 1 amide bonds. The van der Waals surface area contributed by atoms with Gasteiger partial charge in [0.2, 0.25) is 11.8 Å². The maximum absolute atomic E-state index is 12.3. The number of hydrogen-bond acceptors (Lipinski definition) is 4. The molecule has 5 nitrogen and oxygen atoms in total. The highest BCUT2D eigenvalue weighted by Gasteiger charge is 2.12. The molecule has 0 spiro atoms. The summed E-state index contributed by atoms with van der Waals surface area (Å²) in [6, 6.07) is 12.5. The zero-order chi connectivity index (χ0) is 16.4. The summed E-state index contributed by atoms with van der Waals surface area (Å²) in [5.41, 5.74) is 2.77. The molecule has 0 fully saturated rings. The molecule has 3 rings (SSSR count). The highest BCUT2D eigenvalue weighted by Crippen LogP contribution is 2.22. The van der Waals surface area contributed by atoms with Gasteiger partial charge in [0.1, 0.15) is 0 Å². The van der Waals surface area contributed by atoms with Crippen molar-refractivity contribution in [2.75, 3.05) is 5.32 Å². The van der Waals surface area contributed by atoms with Crippen LogP contribution in [0.5, 0.6) is 0 Å². The average Bonchev–Trinajstić information content (AvgIpc) is 2.97. The molecule has 2 aromatic carbocycles. The van der Waals surface area contributed by atoms with Crippen molar-refractivity contribution in [2.24, 2.45) is 0 Å². The summed E-state index contributed by atoms with van der Waals surface area (Å²) >= 11 is 6.05. The molecule has 0 radical (unpaired) electrons. The summed E-state index contributed by atoms with van der Waals surface area (Å²) in [7, 11) is 0. The molecule has 1 N–H and O–H groups in total. The van der Waals surface area contributed by atoms with Gasteiger partial charge in [0.15, 0.2) is 0 Å². The predicted octanol–water partition coefficient (Wildman–Crippen LogP) is 4.26. The summed E-state index contributed by atoms with van der Waals surface area (Å²) in [6.07, 6.45) is 0. The van der Waals surface area contributed by atoms with Crippen LogP contribution in [0.25, 0.3) is 11.5 Å². The van der Waals surface area contributed by atoms with Gasteiger partial charge in [0, 0.05) is 28.8 Å². The molecule has 0 saturated heterocycles. The molecule has 0 atom stereocenters. The quantitative estimate of drug-likeness (QED) is 0.780. The number of aryl methyl sites for hydroxylation is 1. The van der Waals surface area contributed by atoms with E-state index >= 15 is 0 Å². The Hall–Kier alpha value is -2.66. The van der Waals surface area contributed by atoms with Gasteiger partial charge in [-0.25, -0.2) is 0 Å². The van der Waals surface area contributed by atoms with Gasteiger partial charge in [-0.05, 0) is 48.9 Å². The maximum atomic E-state index is 12.3. The first-order valence-corrected chi connectivity index (χ1v) is 7.39. The first-order chi connectivity index (χ1) is 11.0. The Morgan fingerprint density at radius 1 is 1.09 bits per heavy atom. The number of nitrogens with zero attached hydrogens (tertiary/aromatic N) is 2. The number of carbonyl (C=O) groups excluding carboxylic acids is 1. The van der Waals surface area contributed by atoms with Gasteiger partial charge in [0.05, 0.1) is 0 Å². The topological polar surface area (TPSA) is 68.0 Å². The number of rotatable bonds is 3. The van der Waals surface area contributed by atoms with E-state index in [4.69, 9.17) is 16.0 Å². The molecule has 116 valence electrons. The largest absolute Gasteiger partial charge is 0.421 e. The van der Waals surface area contributed by atoms with Gasteiger partial charge in [-0.1, -0.05) is 17.7 Å². The number of aromatic nitrogens is 2. The van der Waals surface area contributed by atoms with Crippen LogP contribution in [-0.4, -0.2) is 16.1 Å². The van der Waals surface area contributed by atoms with Crippen LogP contribution in [-0.2, 0) is 0 Å². The molecule has 1 aromatic heterocycles. The Labute approximate surface area is 138 Å². The van der Waals surface area contributed by atoms with Crippen LogP contribution >= 0.6 is 11.6 Å². The van der Waals surface area contributed by atoms with E-state index in [9.17, 15) is 4.79 Å². The van der Waals surface area contributed by atoms with Crippen molar-refractivity contribution in [3.8, 4) is 11.5 Å². The lowest BCUT2D eigenvalue weighted by Gasteiger charge is -2.09. The minimum Gasteiger partial charge on any atom is -0.421 e. The van der Waals surface area contributed by atoms with Crippen LogP contribution < -0.4 is 5.32 Å². The highest BCUT2D eigenvalue weighted by molar-refractivity contribution is 6.32. The molecule has 23 heavy (non-hydrogen) atoms. The highest BCUT2D eigenvalue weighted by atomic mass is 35.5. The molecular weight excluding hydrogens is 314 g/mol. The number of amides is 1. The van der Waals surface area contributed by atoms with Crippen LogP contribution in [0.3, 0.4) is 0 Å². The van der Waals surface area contributed by atoms with Crippen LogP contribution in [0.2, 0.25) is 5.02 Å². The summed E-state index contributed by atoms with van der Waals surface area (Å²) in [4.78, 5) is 12.3. The van der Waals surface area contributed by atoms with Crippen molar-refractivity contribution in [2.45, 2.75) is 13.8 Å². The van der Waals surface area contributed by atoms with Crippen LogP contribution in [0.15, 0.2) is 46.9 Å². The standard InChI is InChI=1S/C17H14ClN3O2/c1-10-14(4-3-5-15(10)18)16(22)19-13-8-6-12(7-9-13)17-21-20-11(2)23-17/h3-9H,1-2H3,(H,19,22). The summed E-state index contributed by atoms with van der Waals surface area (Å²) < 4.78 is 5.36. The molecule has 0 unspecified atom stereocenters. The lowest BCUT2D eigenvalue weighted by atomic mass is 10.1. The van der Waals surface area contributed by atoms with E-state index in [0.717, 1.165) is 11.1 Å². The Morgan fingerprint density at radius 3 is 2.48 bits per heavy atom. The van der Waals surface area contributed by atoms with Gasteiger partial charge >= 0.3 is 0 Å². The number of carbonyl (C=O) groups is 1. The van der Waals surface area contributed by atoms with Crippen molar-refractivity contribution in [3.63, 3.8) is 0 Å². The van der Waals surface area contributed by atoms with Crippen molar-refractivity contribution >= 4 is 23.2 Å². The van der Waals surface area contributed by atoms with Gasteiger partial charge in [-0.15, -0.1) is 10.2 Å². The van der Waals surface area contributed by atoms with Crippen LogP contribution in [0.4, 0.5) is 5.69 Å². The van der Waals surface area contributed by atoms with E-state index < -0.39 is 0 Å². The van der Waals surface area contributed by atoms with Gasteiger partial charge in [0.25, 0.3) is 5.91 Å². The third-order valence-electron chi connectivity index (χ3n) is 3.43. The minimum atomic E-state index is -0.202. The Morgan fingerprint density at radius 2 is 1.83 bits per heavy atom. The molecule has 0 aliphatic carbocycles. The fourth-order valence-corrected chi connectivity index (χ4v) is 2.34. The summed E-state index contributed by atoms with van der Waals surface area (Å²) in [6.45, 7) is 3.55. The van der Waals surface area contributed by atoms with E-state index in [2.05, 4.69) is 15.5 Å². The molecule has 1 heterocycles. The summed E-state index contributed by atoms with van der Waals surface area (Å²) in [5.74, 6) is 0.756. The monoisotopic (exact) mass is 327 g/mol. The third-order valence-corrected chi connectivity index (χ3v) is 3.84. The van der Waals surface area contributed by atoms with E-state index in [0.29, 0.717) is 28.1 Å². The second kappa shape index (κ2) is 6.22. The van der Waals surface area contributed by atoms with Gasteiger partial charge < -0.3 is 9.73 Å². The molecule has 0 aliphatic rings. The Bertz CT molecular complexity index is 857. The van der Waals surface area contributed by atoms with E-state index in [1.807, 2.05) is 19.1 Å². The second-order valence-electron chi connectivity index (χ2n) is 5.07. The summed E-state index contributed by atoms with van der Waals surface area (Å²) in [5, 5.41) is 11.2. The number of hydrogen-bond donors (Lipinski definition) is 1. The van der Waals surface area contributed by atoms with Crippen molar-refractivity contribution in [1.82, 2.24) is 10.2 Å². The zero-order valence-electron chi connectivity index (χ0n) is 12.6. The molecule has 0 aliphatic heterocycles. The van der Waals surface area contributed by atoms with Gasteiger partial charge in [-0.3, -0.25) is 4.79 Å². The van der Waals surface area contributed by atoms with Crippen molar-refractivity contribution < 1.29 is 9.21 Å². The number of benzene rings is 2. The van der Waals surface area contributed by atoms with Crippen molar-refractivity contribution in [3.05, 3.63) is 64.5 Å². The molecule has 6 heteroatoms. The van der Waals surface area contributed by atoms with Crippen LogP contribution in [0, 0.1) is 13.8 Å². The predicted molar refractivity (Wildman–Crippen MR) is 88.6 cm³/mol. The second-order valence-corrected chi connectivity index (χ2v) is 5.48. The number of anilines is 1. The van der Waals surface area contributed by atoms with E-state index in [1.54, 1.807) is 37.3 Å². The molecule has 3 aromatic rings. The molecular formula is C17H14ClN3O2. The SMILES string of the molecule is Cc1nnc(-c2ccc(NC(=O)c3cccc(Cl)c3C)cc2)o1. The third kappa shape index (κ3) is 3.24. The number of nitrogens with one attached hydrogen (secondary N) is 1. The normalized spacial score (nSPS) is 10.6. The van der Waals surface area contributed by atoms with Crippen molar-refractivity contribution in [1.29, 1.82) is 0 Å². The fourth-order valence-electron chi connectivity index (χ4n) is 2.16. The molecule has 0 bridgehead atoms. The van der Waals surface area contributed by atoms with E-state index in [-0.39, 0.29) is 5.91 Å². The van der Waals surface area contributed by atoms with Crippen LogP contribution in [0.1, 0.15) is 21.8 Å². The lowest BCUT2D eigenvalue weighted by Crippen LogP contribution is -2.13. The minimum absolute atomic E-state index is 0.202. The smallest absolute Gasteiger partial charge is 0.255 e. The first-order valence-electron chi connectivity index (χ1n) is 7.01. The van der Waals surface area contributed by atoms with Gasteiger partial charge in [-0.2, -0.15) is 0 Å². The first kappa shape index (κ1) is 15.2. The number of halogens is 1. The lowest BCUT2D eigenvalue weighted by molar-refractivity contribution is 0.102. The fraction of sp³-hybridized carbons (Fsp3) is 0.118. The average molecular weight is 328 g/mol. The molecule has 0 saturated carbocycles. The van der Waals surface area contributed by atoms with E-state index in [1.165, 1.54) is 0 Å².